The van der Waals surface area contributed by atoms with Crippen molar-refractivity contribution in [3.8, 4) is 0 Å². The summed E-state index contributed by atoms with van der Waals surface area (Å²) in [6.45, 7) is 2.76. The summed E-state index contributed by atoms with van der Waals surface area (Å²) in [7, 11) is 0. The van der Waals surface area contributed by atoms with Gasteiger partial charge in [0.2, 0.25) is 5.82 Å². The lowest BCUT2D eigenvalue weighted by atomic mass is 10.1. The molecule has 2 N–H and O–H groups in total. The molecule has 2 aromatic heterocycles. The fourth-order valence-electron chi connectivity index (χ4n) is 2.87. The van der Waals surface area contributed by atoms with Crippen LogP contribution in [0.2, 0.25) is 0 Å². The lowest BCUT2D eigenvalue weighted by molar-refractivity contribution is -0.145. The molecule has 0 aliphatic carbocycles. The molecular formula is C18H21F3N6O2. The van der Waals surface area contributed by atoms with E-state index in [9.17, 15) is 23.1 Å². The number of aliphatic hydroxyl groups excluding tert-OH is 1. The van der Waals surface area contributed by atoms with E-state index < -0.39 is 12.0 Å². The van der Waals surface area contributed by atoms with Crippen molar-refractivity contribution < 1.29 is 23.1 Å². The average molecular weight is 410 g/mol. The first-order valence-electron chi connectivity index (χ1n) is 9.11. The number of rotatable bonds is 5. The second-order valence-electron chi connectivity index (χ2n) is 6.99. The largest absolute Gasteiger partial charge is 0.451 e. The number of carbonyl (C=O) groups is 1. The van der Waals surface area contributed by atoms with E-state index in [-0.39, 0.29) is 25.1 Å². The van der Waals surface area contributed by atoms with Crippen LogP contribution >= 0.6 is 0 Å². The van der Waals surface area contributed by atoms with Gasteiger partial charge in [-0.2, -0.15) is 13.2 Å². The molecule has 2 amide bonds. The fourth-order valence-corrected chi connectivity index (χ4v) is 2.87. The molecule has 3 rings (SSSR count). The third-order valence-electron chi connectivity index (χ3n) is 4.53. The van der Waals surface area contributed by atoms with E-state index in [0.29, 0.717) is 37.3 Å². The minimum Gasteiger partial charge on any atom is -0.396 e. The van der Waals surface area contributed by atoms with Gasteiger partial charge in [-0.05, 0) is 17.9 Å². The first kappa shape index (κ1) is 20.9. The van der Waals surface area contributed by atoms with Crippen molar-refractivity contribution in [1.29, 1.82) is 0 Å². The number of halogens is 3. The molecule has 2 aromatic rings. The molecule has 1 aliphatic heterocycles. The number of aliphatic hydroxyl groups is 1. The Morgan fingerprint density at radius 3 is 2.66 bits per heavy atom. The molecule has 8 nitrogen and oxygen atoms in total. The Balaban J connectivity index is 1.58. The zero-order valence-electron chi connectivity index (χ0n) is 15.8. The number of nitrogens with zero attached hydrogens (tertiary/aromatic N) is 5. The number of aromatic nitrogens is 4. The topological polar surface area (TPSA) is 104 Å². The Morgan fingerprint density at radius 2 is 2.00 bits per heavy atom. The van der Waals surface area contributed by atoms with E-state index in [1.165, 1.54) is 0 Å². The van der Waals surface area contributed by atoms with Gasteiger partial charge < -0.3 is 15.3 Å². The van der Waals surface area contributed by atoms with Gasteiger partial charge in [-0.25, -0.2) is 24.7 Å². The van der Waals surface area contributed by atoms with Crippen LogP contribution in [-0.4, -0.2) is 49.1 Å². The zero-order valence-corrected chi connectivity index (χ0v) is 15.8. The van der Waals surface area contributed by atoms with E-state index in [0.717, 1.165) is 23.7 Å². The lowest BCUT2D eigenvalue weighted by Gasteiger charge is -2.28. The van der Waals surface area contributed by atoms with Crippen LogP contribution in [0, 0.1) is 5.92 Å². The molecule has 0 saturated carbocycles. The number of nitrogens with one attached hydrogen (secondary N) is 1. The monoisotopic (exact) mass is 410 g/mol. The predicted molar refractivity (Wildman–Crippen MR) is 95.4 cm³/mol. The van der Waals surface area contributed by atoms with Crippen LogP contribution in [0.3, 0.4) is 0 Å². The molecule has 0 radical (unpaired) electrons. The van der Waals surface area contributed by atoms with Crippen LogP contribution in [0.1, 0.15) is 35.4 Å². The van der Waals surface area contributed by atoms with Crippen molar-refractivity contribution in [2.45, 2.75) is 39.0 Å². The van der Waals surface area contributed by atoms with Crippen LogP contribution in [0.15, 0.2) is 18.6 Å². The Morgan fingerprint density at radius 1 is 1.28 bits per heavy atom. The minimum absolute atomic E-state index is 0.0172. The average Bonchev–Trinajstić information content (AvgIpc) is 2.71. The Hall–Kier alpha value is -2.82. The second-order valence-corrected chi connectivity index (χ2v) is 6.99. The van der Waals surface area contributed by atoms with Crippen molar-refractivity contribution in [1.82, 2.24) is 30.2 Å². The van der Waals surface area contributed by atoms with E-state index in [1.807, 2.05) is 6.92 Å². The Kier molecular flexibility index (Phi) is 6.26. The lowest BCUT2D eigenvalue weighted by Crippen LogP contribution is -2.43. The molecular weight excluding hydrogens is 389 g/mol. The van der Waals surface area contributed by atoms with E-state index in [4.69, 9.17) is 0 Å². The predicted octanol–water partition coefficient (Wildman–Crippen LogP) is 1.72. The molecule has 156 valence electrons. The number of amides is 2. The van der Waals surface area contributed by atoms with Crippen molar-refractivity contribution >= 4 is 6.03 Å². The summed E-state index contributed by atoms with van der Waals surface area (Å²) in [5.74, 6) is -0.553. The normalized spacial score (nSPS) is 15.0. The number of hydrogen-bond donors (Lipinski definition) is 2. The van der Waals surface area contributed by atoms with E-state index in [2.05, 4.69) is 25.3 Å². The number of fused-ring (bicyclic) bond motifs is 1. The third-order valence-corrected chi connectivity index (χ3v) is 4.53. The van der Waals surface area contributed by atoms with Crippen molar-refractivity contribution in [2.75, 3.05) is 13.2 Å². The molecule has 29 heavy (non-hydrogen) atoms. The highest BCUT2D eigenvalue weighted by Crippen LogP contribution is 2.25. The van der Waals surface area contributed by atoms with Gasteiger partial charge in [0.1, 0.15) is 5.82 Å². The van der Waals surface area contributed by atoms with Crippen LogP contribution in [-0.2, 0) is 32.1 Å². The third kappa shape index (κ3) is 5.37. The zero-order chi connectivity index (χ0) is 21.0. The highest BCUT2D eigenvalue weighted by Gasteiger charge is 2.34. The van der Waals surface area contributed by atoms with Gasteiger partial charge in [-0.15, -0.1) is 0 Å². The summed E-state index contributed by atoms with van der Waals surface area (Å²) in [5.41, 5.74) is 2.11. The summed E-state index contributed by atoms with van der Waals surface area (Å²) in [6, 6.07) is -0.348. The second kappa shape index (κ2) is 8.68. The molecule has 0 fully saturated rings. The van der Waals surface area contributed by atoms with Crippen molar-refractivity contribution in [3.05, 3.63) is 47.1 Å². The number of carbonyl (C=O) groups excluding carboxylic acids is 1. The van der Waals surface area contributed by atoms with Gasteiger partial charge >= 0.3 is 12.2 Å². The molecule has 1 atom stereocenters. The molecule has 0 saturated heterocycles. The fraction of sp³-hybridized carbons (Fsp3) is 0.500. The minimum atomic E-state index is -4.60. The quantitative estimate of drug-likeness (QED) is 0.778. The number of urea groups is 1. The van der Waals surface area contributed by atoms with Crippen LogP contribution in [0.4, 0.5) is 18.0 Å². The van der Waals surface area contributed by atoms with Crippen LogP contribution in [0.5, 0.6) is 0 Å². The first-order valence-corrected chi connectivity index (χ1v) is 9.11. The van der Waals surface area contributed by atoms with Gasteiger partial charge in [0.05, 0.1) is 12.2 Å². The van der Waals surface area contributed by atoms with E-state index in [1.54, 1.807) is 11.1 Å². The SMILES string of the molecule is C[C@@H](CO)Cc1ncc2c(n1)CN(C(=O)NCc1cnc(C(F)(F)F)nc1)CC2. The molecule has 0 bridgehead atoms. The number of hydrogen-bond acceptors (Lipinski definition) is 6. The maximum atomic E-state index is 12.5. The van der Waals surface area contributed by atoms with Gasteiger partial charge in [-0.3, -0.25) is 0 Å². The van der Waals surface area contributed by atoms with Gasteiger partial charge in [0.15, 0.2) is 0 Å². The molecule has 0 unspecified atom stereocenters. The van der Waals surface area contributed by atoms with Gasteiger partial charge in [-0.1, -0.05) is 6.92 Å². The Labute approximate surface area is 165 Å². The van der Waals surface area contributed by atoms with E-state index >= 15 is 0 Å². The molecule has 0 aromatic carbocycles. The summed E-state index contributed by atoms with van der Waals surface area (Å²) in [5, 5.41) is 11.8. The summed E-state index contributed by atoms with van der Waals surface area (Å²) in [6.07, 6.45) is 0.411. The van der Waals surface area contributed by atoms with Crippen molar-refractivity contribution in [2.24, 2.45) is 5.92 Å². The highest BCUT2D eigenvalue weighted by molar-refractivity contribution is 5.74. The maximum absolute atomic E-state index is 12.5. The first-order chi connectivity index (χ1) is 13.8. The smallest absolute Gasteiger partial charge is 0.396 e. The number of alkyl halides is 3. The van der Waals surface area contributed by atoms with Gasteiger partial charge in [0.25, 0.3) is 0 Å². The highest BCUT2D eigenvalue weighted by atomic mass is 19.4. The standard InChI is InChI=1S/C18H21F3N6O2/c1-11(10-28)4-15-22-8-13-2-3-27(9-14(13)26-15)17(29)25-7-12-5-23-16(24-6-12)18(19,20)21/h5-6,8,11,28H,2-4,7,9-10H2,1H3,(H,25,29)/t11-/m1/s1. The summed E-state index contributed by atoms with van der Waals surface area (Å²) >= 11 is 0. The Bertz CT molecular complexity index is 860. The molecule has 1 aliphatic rings. The van der Waals surface area contributed by atoms with Crippen LogP contribution < -0.4 is 5.32 Å². The summed E-state index contributed by atoms with van der Waals surface area (Å²) in [4.78, 5) is 29.4. The van der Waals surface area contributed by atoms with Crippen molar-refractivity contribution in [3.63, 3.8) is 0 Å². The summed E-state index contributed by atoms with van der Waals surface area (Å²) < 4.78 is 37.5. The van der Waals surface area contributed by atoms with Crippen LogP contribution in [0.25, 0.3) is 0 Å². The molecule has 11 heteroatoms. The van der Waals surface area contributed by atoms with Gasteiger partial charge in [0, 0.05) is 50.3 Å². The molecule has 0 spiro atoms. The molecule has 3 heterocycles. The maximum Gasteiger partial charge on any atom is 0.451 e.